The van der Waals surface area contributed by atoms with Crippen molar-refractivity contribution in [2.75, 3.05) is 85.4 Å². The Hall–Kier alpha value is -4.71. The number of hydrogen-bond donors (Lipinski definition) is 6. The second kappa shape index (κ2) is 26.7. The van der Waals surface area contributed by atoms with Crippen molar-refractivity contribution in [2.24, 2.45) is 0 Å². The molecule has 8 rings (SSSR count). The molecule has 368 valence electrons. The number of anilines is 8. The lowest BCUT2D eigenvalue weighted by Crippen LogP contribution is -2.35. The first-order chi connectivity index (χ1) is 32.3. The highest BCUT2D eigenvalue weighted by Crippen LogP contribution is 2.30. The zero-order chi connectivity index (χ0) is 46.1. The first-order valence-electron chi connectivity index (χ1n) is 24.5. The van der Waals surface area contributed by atoms with Crippen molar-refractivity contribution in [3.8, 4) is 11.5 Å². The molecule has 19 heteroatoms. The lowest BCUT2D eigenvalue weighted by molar-refractivity contribution is 0.276. The molecule has 4 fully saturated rings. The molecule has 6 N–H and O–H groups in total. The van der Waals surface area contributed by atoms with E-state index in [2.05, 4.69) is 80.5 Å². The van der Waals surface area contributed by atoms with Crippen LogP contribution in [0, 0.1) is 5.82 Å². The van der Waals surface area contributed by atoms with Gasteiger partial charge in [-0.25, -0.2) is 4.39 Å². The van der Waals surface area contributed by atoms with Gasteiger partial charge in [-0.1, -0.05) is 76.8 Å². The van der Waals surface area contributed by atoms with Crippen LogP contribution in [0.1, 0.15) is 117 Å². The lowest BCUT2D eigenvalue weighted by Gasteiger charge is -2.23. The van der Waals surface area contributed by atoms with Gasteiger partial charge in [-0.3, -0.25) is 9.80 Å². The number of nitrogens with zero attached hydrogens (tertiary/aromatic N) is 8. The minimum atomic E-state index is -0.437. The Bertz CT molecular complexity index is 1960. The maximum absolute atomic E-state index is 14.2. The number of ether oxygens (including phenoxy) is 2. The summed E-state index contributed by atoms with van der Waals surface area (Å²) >= 11 is 6.30. The van der Waals surface area contributed by atoms with Crippen LogP contribution in [0.25, 0.3) is 0 Å². The van der Waals surface area contributed by atoms with E-state index >= 15 is 0 Å². The van der Waals surface area contributed by atoms with Crippen molar-refractivity contribution < 1.29 is 13.9 Å². The van der Waals surface area contributed by atoms with Gasteiger partial charge in [-0.05, 0) is 108 Å². The van der Waals surface area contributed by atoms with Gasteiger partial charge in [0.25, 0.3) is 0 Å². The highest BCUT2D eigenvalue weighted by atomic mass is 35.5. The zero-order valence-electron chi connectivity index (χ0n) is 39.9. The molecule has 2 saturated carbocycles. The first kappa shape index (κ1) is 51.7. The van der Waals surface area contributed by atoms with Crippen molar-refractivity contribution in [1.82, 2.24) is 39.7 Å². The fourth-order valence-electron chi connectivity index (χ4n) is 9.61. The number of likely N-dealkylation sites (tertiary alicyclic amines) is 2. The molecule has 0 bridgehead atoms. The van der Waals surface area contributed by atoms with Crippen LogP contribution in [0.2, 0.25) is 5.02 Å². The van der Waals surface area contributed by atoms with E-state index < -0.39 is 5.82 Å². The number of likely N-dealkylation sites (N-methyl/N-ethyl adjacent to an activating group) is 2. The summed E-state index contributed by atoms with van der Waals surface area (Å²) in [4.78, 5) is 32.8. The maximum atomic E-state index is 14.2. The van der Waals surface area contributed by atoms with Crippen LogP contribution in [0.15, 0.2) is 36.4 Å². The number of benzene rings is 2. The molecule has 4 aromatic rings. The van der Waals surface area contributed by atoms with Crippen LogP contribution in [0.4, 0.5) is 51.5 Å². The summed E-state index contributed by atoms with van der Waals surface area (Å²) in [6, 6.07) is 12.0. The van der Waals surface area contributed by atoms with Gasteiger partial charge in [0.05, 0.1) is 19.2 Å². The van der Waals surface area contributed by atoms with Crippen LogP contribution in [0.3, 0.4) is 0 Å². The molecule has 4 heterocycles. The molecule has 4 aliphatic rings. The van der Waals surface area contributed by atoms with E-state index in [1.165, 1.54) is 96.8 Å². The van der Waals surface area contributed by atoms with E-state index in [4.69, 9.17) is 26.1 Å². The third-order valence-corrected chi connectivity index (χ3v) is 13.6. The molecular formula is C48H73Cl2FN14O2. The number of halogens is 3. The topological polar surface area (TPSA) is 174 Å². The summed E-state index contributed by atoms with van der Waals surface area (Å²) in [7, 11) is 3.05. The van der Waals surface area contributed by atoms with E-state index in [1.54, 1.807) is 19.2 Å². The van der Waals surface area contributed by atoms with Gasteiger partial charge in [0, 0.05) is 54.7 Å². The highest BCUT2D eigenvalue weighted by Gasteiger charge is 2.25. The third-order valence-electron chi connectivity index (χ3n) is 13.3. The minimum Gasteiger partial charge on any atom is -0.495 e. The van der Waals surface area contributed by atoms with E-state index in [9.17, 15) is 4.39 Å². The normalized spacial score (nSPS) is 19.5. The van der Waals surface area contributed by atoms with Crippen molar-refractivity contribution >= 4 is 71.1 Å². The predicted octanol–water partition coefficient (Wildman–Crippen LogP) is 10.5. The second-order valence-corrected chi connectivity index (χ2v) is 18.2. The maximum Gasteiger partial charge on any atom is 0.233 e. The largest absolute Gasteiger partial charge is 0.495 e. The van der Waals surface area contributed by atoms with Crippen LogP contribution in [-0.2, 0) is 0 Å². The standard InChI is InChI=1S/C24H36ClN7O.C24H36FN7O.ClH/c2*1-3-32-14-8-11-19(32)16-26-22-29-23(27-17-9-6-4-5-7-10-17)31-24(30-22)28-18-12-13-21(33-2)20(25)15-18;/h2*12-13,15,17,19H,3-11,14,16H2,1-2H3,(H3,26,27,28,29,30,31);1H. The Kier molecular flexibility index (Phi) is 20.6. The summed E-state index contributed by atoms with van der Waals surface area (Å²) in [5.41, 5.74) is 1.35. The van der Waals surface area contributed by atoms with Crippen LogP contribution in [0.5, 0.6) is 11.5 Å². The number of hydrogen-bond acceptors (Lipinski definition) is 16. The highest BCUT2D eigenvalue weighted by molar-refractivity contribution is 6.32. The molecule has 0 spiro atoms. The average molecular weight is 968 g/mol. The van der Waals surface area contributed by atoms with E-state index in [1.807, 2.05) is 18.2 Å². The van der Waals surface area contributed by atoms with E-state index in [0.29, 0.717) is 76.3 Å². The Morgan fingerprint density at radius 3 is 1.39 bits per heavy atom. The average Bonchev–Trinajstić information content (AvgIpc) is 3.81. The molecule has 67 heavy (non-hydrogen) atoms. The van der Waals surface area contributed by atoms with Gasteiger partial charge in [-0.2, -0.15) is 29.9 Å². The third kappa shape index (κ3) is 15.7. The van der Waals surface area contributed by atoms with Gasteiger partial charge in [0.2, 0.25) is 35.7 Å². The van der Waals surface area contributed by atoms with Crippen molar-refractivity contribution in [3.63, 3.8) is 0 Å². The van der Waals surface area contributed by atoms with Gasteiger partial charge in [0.1, 0.15) is 5.75 Å². The van der Waals surface area contributed by atoms with Gasteiger partial charge in [0.15, 0.2) is 11.6 Å². The van der Waals surface area contributed by atoms with Crippen LogP contribution < -0.4 is 41.4 Å². The van der Waals surface area contributed by atoms with E-state index in [0.717, 1.165) is 64.1 Å². The Labute approximate surface area is 408 Å². The summed E-state index contributed by atoms with van der Waals surface area (Å²) in [5, 5.41) is 20.9. The summed E-state index contributed by atoms with van der Waals surface area (Å²) in [6.07, 6.45) is 19.5. The molecular weight excluding hydrogens is 895 g/mol. The molecule has 2 aromatic carbocycles. The summed E-state index contributed by atoms with van der Waals surface area (Å²) in [6.45, 7) is 10.5. The molecule has 2 aliphatic heterocycles. The molecule has 2 aromatic heterocycles. The molecule has 0 radical (unpaired) electrons. The lowest BCUT2D eigenvalue weighted by atomic mass is 10.1. The Morgan fingerprint density at radius 1 is 0.552 bits per heavy atom. The molecule has 2 aliphatic carbocycles. The van der Waals surface area contributed by atoms with Crippen molar-refractivity contribution in [1.29, 1.82) is 0 Å². The first-order valence-corrected chi connectivity index (χ1v) is 24.9. The van der Waals surface area contributed by atoms with Crippen molar-refractivity contribution in [3.05, 3.63) is 47.2 Å². The van der Waals surface area contributed by atoms with E-state index in [-0.39, 0.29) is 18.2 Å². The molecule has 2 unspecified atom stereocenters. The zero-order valence-corrected chi connectivity index (χ0v) is 41.5. The van der Waals surface area contributed by atoms with Crippen molar-refractivity contribution in [2.45, 2.75) is 141 Å². The molecule has 0 amide bonds. The Balaban J connectivity index is 0.000000218. The molecule has 2 atom stereocenters. The number of rotatable bonds is 18. The monoisotopic (exact) mass is 967 g/mol. The Morgan fingerprint density at radius 2 is 0.970 bits per heavy atom. The second-order valence-electron chi connectivity index (χ2n) is 17.8. The van der Waals surface area contributed by atoms with Crippen LogP contribution >= 0.6 is 24.0 Å². The molecule has 16 nitrogen and oxygen atoms in total. The smallest absolute Gasteiger partial charge is 0.233 e. The van der Waals surface area contributed by atoms with Gasteiger partial charge in [-0.15, -0.1) is 12.4 Å². The predicted molar refractivity (Wildman–Crippen MR) is 272 cm³/mol. The number of nitrogens with one attached hydrogen (secondary N) is 6. The fourth-order valence-corrected chi connectivity index (χ4v) is 9.87. The van der Waals surface area contributed by atoms with Gasteiger partial charge < -0.3 is 41.4 Å². The molecule has 2 saturated heterocycles. The minimum absolute atomic E-state index is 0. The van der Waals surface area contributed by atoms with Crippen LogP contribution in [-0.4, -0.2) is 117 Å². The summed E-state index contributed by atoms with van der Waals surface area (Å²) in [5.74, 6) is 3.55. The van der Waals surface area contributed by atoms with Gasteiger partial charge >= 0.3 is 0 Å². The quantitative estimate of drug-likeness (QED) is 0.0519. The number of aromatic nitrogens is 6. The fraction of sp³-hybridized carbons (Fsp3) is 0.625. The summed E-state index contributed by atoms with van der Waals surface area (Å²) < 4.78 is 24.4. The SMILES string of the molecule is CCN1CCCC1CNc1nc(Nc2ccc(OC)c(Cl)c2)nc(NC2CCCCCC2)n1.CCN1CCCC1CNc1nc(Nc2ccc(OC)c(F)c2)nc(NC2CCCCCC2)n1.Cl. The number of methoxy groups -OCH3 is 2.